The first kappa shape index (κ1) is 10.3. The van der Waals surface area contributed by atoms with Gasteiger partial charge in [0.05, 0.1) is 11.8 Å². The summed E-state index contributed by atoms with van der Waals surface area (Å²) in [5.41, 5.74) is 1.14. The van der Waals surface area contributed by atoms with Gasteiger partial charge in [0.2, 0.25) is 0 Å². The molecule has 0 saturated heterocycles. The molecule has 72 valence electrons. The maximum Gasteiger partial charge on any atom is 0.342 e. The van der Waals surface area contributed by atoms with E-state index in [2.05, 4.69) is 6.58 Å². The lowest BCUT2D eigenvalue weighted by molar-refractivity contribution is -0.131. The quantitative estimate of drug-likeness (QED) is 0.414. The van der Waals surface area contributed by atoms with E-state index in [1.165, 1.54) is 6.26 Å². The zero-order chi connectivity index (χ0) is 10.4. The van der Waals surface area contributed by atoms with Gasteiger partial charge >= 0.3 is 5.97 Å². The molecule has 0 N–H and O–H groups in total. The van der Waals surface area contributed by atoms with Gasteiger partial charge in [-0.2, -0.15) is 0 Å². The first-order valence-electron chi connectivity index (χ1n) is 4.32. The average molecular weight is 188 g/mol. The van der Waals surface area contributed by atoms with E-state index in [4.69, 9.17) is 4.74 Å². The van der Waals surface area contributed by atoms with E-state index in [1.54, 1.807) is 13.0 Å². The molecule has 14 heavy (non-hydrogen) atoms. The normalized spacial score (nSPS) is 10.1. The third-order valence-electron chi connectivity index (χ3n) is 1.68. The van der Waals surface area contributed by atoms with Crippen molar-refractivity contribution in [2.45, 2.75) is 6.92 Å². The van der Waals surface area contributed by atoms with E-state index in [1.807, 2.05) is 30.3 Å². The van der Waals surface area contributed by atoms with E-state index >= 15 is 0 Å². The maximum atomic E-state index is 11.3. The van der Waals surface area contributed by atoms with Gasteiger partial charge in [-0.05, 0) is 12.5 Å². The summed E-state index contributed by atoms with van der Waals surface area (Å²) in [5, 5.41) is 0. The zero-order valence-corrected chi connectivity index (χ0v) is 8.07. The molecule has 0 bridgehead atoms. The number of hydrogen-bond acceptors (Lipinski definition) is 2. The SMILES string of the molecule is C=C(C(=O)OC=CC)c1ccccc1. The number of allylic oxidation sites excluding steroid dienone is 1. The summed E-state index contributed by atoms with van der Waals surface area (Å²) >= 11 is 0. The lowest BCUT2D eigenvalue weighted by Gasteiger charge is -2.02. The van der Waals surface area contributed by atoms with Crippen molar-refractivity contribution in [3.05, 3.63) is 54.8 Å². The molecule has 0 aliphatic heterocycles. The Balaban J connectivity index is 2.71. The number of hydrogen-bond donors (Lipinski definition) is 0. The van der Waals surface area contributed by atoms with E-state index in [0.29, 0.717) is 5.57 Å². The maximum absolute atomic E-state index is 11.3. The molecule has 0 saturated carbocycles. The van der Waals surface area contributed by atoms with Crippen LogP contribution in [0.3, 0.4) is 0 Å². The molecule has 2 nitrogen and oxygen atoms in total. The predicted octanol–water partition coefficient (Wildman–Crippen LogP) is 2.78. The van der Waals surface area contributed by atoms with Crippen LogP contribution in [-0.2, 0) is 9.53 Å². The fourth-order valence-electron chi connectivity index (χ4n) is 0.958. The van der Waals surface area contributed by atoms with Crippen LogP contribution < -0.4 is 0 Å². The molecule has 2 heteroatoms. The first-order valence-corrected chi connectivity index (χ1v) is 4.32. The fraction of sp³-hybridized carbons (Fsp3) is 0.0833. The van der Waals surface area contributed by atoms with E-state index in [-0.39, 0.29) is 0 Å². The Labute approximate surface area is 83.5 Å². The van der Waals surface area contributed by atoms with E-state index in [9.17, 15) is 4.79 Å². The van der Waals surface area contributed by atoms with Gasteiger partial charge in [-0.3, -0.25) is 0 Å². The molecular weight excluding hydrogens is 176 g/mol. The summed E-state index contributed by atoms with van der Waals surface area (Å²) in [4.78, 5) is 11.3. The number of esters is 1. The Morgan fingerprint density at radius 1 is 1.36 bits per heavy atom. The van der Waals surface area contributed by atoms with Gasteiger partial charge in [-0.1, -0.05) is 43.0 Å². The molecule has 0 spiro atoms. The van der Waals surface area contributed by atoms with Gasteiger partial charge < -0.3 is 4.74 Å². The van der Waals surface area contributed by atoms with Gasteiger partial charge in [0.1, 0.15) is 0 Å². The van der Waals surface area contributed by atoms with Crippen LogP contribution in [-0.4, -0.2) is 5.97 Å². The first-order chi connectivity index (χ1) is 6.75. The molecule has 0 aliphatic rings. The van der Waals surface area contributed by atoms with Gasteiger partial charge in [-0.25, -0.2) is 4.79 Å². The number of benzene rings is 1. The second-order valence-electron chi connectivity index (χ2n) is 2.72. The Bertz CT molecular complexity index is 350. The van der Waals surface area contributed by atoms with Gasteiger partial charge in [-0.15, -0.1) is 0 Å². The van der Waals surface area contributed by atoms with Crippen molar-refractivity contribution in [1.29, 1.82) is 0 Å². The highest BCUT2D eigenvalue weighted by Gasteiger charge is 2.08. The van der Waals surface area contributed by atoms with Crippen molar-refractivity contribution >= 4 is 11.5 Å². The van der Waals surface area contributed by atoms with Crippen molar-refractivity contribution in [3.8, 4) is 0 Å². The van der Waals surface area contributed by atoms with Crippen LogP contribution in [0.2, 0.25) is 0 Å². The molecule has 0 heterocycles. The minimum atomic E-state index is -0.422. The highest BCUT2D eigenvalue weighted by Crippen LogP contribution is 2.12. The van der Waals surface area contributed by atoms with Crippen molar-refractivity contribution in [3.63, 3.8) is 0 Å². The second-order valence-corrected chi connectivity index (χ2v) is 2.72. The molecule has 1 aromatic carbocycles. The van der Waals surface area contributed by atoms with Crippen LogP contribution >= 0.6 is 0 Å². The summed E-state index contributed by atoms with van der Waals surface area (Å²) in [5.74, 6) is -0.422. The smallest absolute Gasteiger partial charge is 0.342 e. The molecule has 0 aromatic heterocycles. The molecule has 0 atom stereocenters. The number of ether oxygens (including phenoxy) is 1. The van der Waals surface area contributed by atoms with E-state index < -0.39 is 5.97 Å². The van der Waals surface area contributed by atoms with Crippen LogP contribution in [0.15, 0.2) is 49.2 Å². The number of carbonyl (C=O) groups is 1. The highest BCUT2D eigenvalue weighted by molar-refractivity contribution is 6.15. The van der Waals surface area contributed by atoms with Crippen molar-refractivity contribution < 1.29 is 9.53 Å². The van der Waals surface area contributed by atoms with Crippen LogP contribution in [0.1, 0.15) is 12.5 Å². The number of rotatable bonds is 3. The standard InChI is InChI=1S/C12H12O2/c1-3-9-14-12(13)10(2)11-7-5-4-6-8-11/h3-9H,2H2,1H3. The van der Waals surface area contributed by atoms with Crippen molar-refractivity contribution in [1.82, 2.24) is 0 Å². The molecule has 0 radical (unpaired) electrons. The third-order valence-corrected chi connectivity index (χ3v) is 1.68. The minimum Gasteiger partial charge on any atom is -0.431 e. The van der Waals surface area contributed by atoms with Crippen LogP contribution in [0, 0.1) is 0 Å². The topological polar surface area (TPSA) is 26.3 Å². The Morgan fingerprint density at radius 2 is 2.00 bits per heavy atom. The summed E-state index contributed by atoms with van der Waals surface area (Å²) < 4.78 is 4.79. The van der Waals surface area contributed by atoms with Crippen LogP contribution in [0.4, 0.5) is 0 Å². The largest absolute Gasteiger partial charge is 0.431 e. The zero-order valence-electron chi connectivity index (χ0n) is 8.07. The molecule has 0 unspecified atom stereocenters. The summed E-state index contributed by atoms with van der Waals surface area (Å²) in [6.45, 7) is 5.45. The van der Waals surface area contributed by atoms with Crippen molar-refractivity contribution in [2.24, 2.45) is 0 Å². The van der Waals surface area contributed by atoms with Gasteiger partial charge in [0, 0.05) is 0 Å². The lowest BCUT2D eigenvalue weighted by atomic mass is 10.1. The molecule has 1 rings (SSSR count). The summed E-state index contributed by atoms with van der Waals surface area (Å²) in [6.07, 6.45) is 2.99. The predicted molar refractivity (Wildman–Crippen MR) is 56.4 cm³/mol. The molecule has 0 fully saturated rings. The minimum absolute atomic E-state index is 0.365. The Hall–Kier alpha value is -1.83. The third kappa shape index (κ3) is 2.59. The average Bonchev–Trinajstić information content (AvgIpc) is 2.26. The number of carbonyl (C=O) groups excluding carboxylic acids is 1. The fourth-order valence-corrected chi connectivity index (χ4v) is 0.958. The van der Waals surface area contributed by atoms with Gasteiger partial charge in [0.15, 0.2) is 0 Å². The molecular formula is C12H12O2. The van der Waals surface area contributed by atoms with Crippen LogP contribution in [0.25, 0.3) is 5.57 Å². The van der Waals surface area contributed by atoms with Crippen LogP contribution in [0.5, 0.6) is 0 Å². The molecule has 1 aromatic rings. The Kier molecular flexibility index (Phi) is 3.68. The highest BCUT2D eigenvalue weighted by atomic mass is 16.5. The second kappa shape index (κ2) is 5.02. The lowest BCUT2D eigenvalue weighted by Crippen LogP contribution is -2.01. The van der Waals surface area contributed by atoms with Gasteiger partial charge in [0.25, 0.3) is 0 Å². The van der Waals surface area contributed by atoms with E-state index in [0.717, 1.165) is 5.56 Å². The molecule has 0 amide bonds. The monoisotopic (exact) mass is 188 g/mol. The molecule has 0 aliphatic carbocycles. The summed E-state index contributed by atoms with van der Waals surface area (Å²) in [6, 6.07) is 9.22. The summed E-state index contributed by atoms with van der Waals surface area (Å²) in [7, 11) is 0. The van der Waals surface area contributed by atoms with Crippen molar-refractivity contribution in [2.75, 3.05) is 0 Å². The Morgan fingerprint density at radius 3 is 2.57 bits per heavy atom.